The third-order valence-corrected chi connectivity index (χ3v) is 4.08. The molecule has 10 heteroatoms. The van der Waals surface area contributed by atoms with Crippen LogP contribution < -0.4 is 5.84 Å². The Morgan fingerprint density at radius 2 is 2.18 bits per heavy atom. The first-order valence-electron chi connectivity index (χ1n) is 6.83. The molecule has 0 atom stereocenters. The molecule has 0 amide bonds. The van der Waals surface area contributed by atoms with Gasteiger partial charge in [-0.25, -0.2) is 9.36 Å². The van der Waals surface area contributed by atoms with Crippen molar-refractivity contribution in [1.82, 2.24) is 35.1 Å². The molecule has 0 radical (unpaired) electrons. The van der Waals surface area contributed by atoms with Gasteiger partial charge in [-0.05, 0) is 29.8 Å². The number of hydrogen-bond donors (Lipinski definition) is 1. The van der Waals surface area contributed by atoms with Crippen LogP contribution in [-0.2, 0) is 12.3 Å². The highest BCUT2D eigenvalue weighted by Gasteiger charge is 2.16. The van der Waals surface area contributed by atoms with Crippen LogP contribution in [0.2, 0.25) is 0 Å². The van der Waals surface area contributed by atoms with Gasteiger partial charge >= 0.3 is 0 Å². The average Bonchev–Trinajstić information content (AvgIpc) is 3.19. The predicted octanol–water partition coefficient (Wildman–Crippen LogP) is 1.25. The standard InChI is InChI=1S/C12H16N8OS/c1-3-5-19-10(14-17-18-19)7-22-12-16-15-11(20(12)13)9-4-6-21-8(9)2/h4,6H,3,5,7,13H2,1-2H3. The van der Waals surface area contributed by atoms with E-state index in [0.717, 1.165) is 30.1 Å². The number of nitrogen functional groups attached to an aromatic ring is 1. The molecular weight excluding hydrogens is 304 g/mol. The third-order valence-electron chi connectivity index (χ3n) is 3.14. The van der Waals surface area contributed by atoms with Crippen molar-refractivity contribution >= 4 is 11.8 Å². The fourth-order valence-electron chi connectivity index (χ4n) is 2.02. The molecule has 0 fully saturated rings. The summed E-state index contributed by atoms with van der Waals surface area (Å²) in [7, 11) is 0. The summed E-state index contributed by atoms with van der Waals surface area (Å²) < 4.78 is 8.51. The van der Waals surface area contributed by atoms with E-state index in [1.807, 2.05) is 13.0 Å². The molecule has 0 bridgehead atoms. The zero-order valence-corrected chi connectivity index (χ0v) is 13.1. The van der Waals surface area contributed by atoms with E-state index in [9.17, 15) is 0 Å². The summed E-state index contributed by atoms with van der Waals surface area (Å²) in [6.45, 7) is 4.72. The number of aryl methyl sites for hydroxylation is 2. The van der Waals surface area contributed by atoms with Gasteiger partial charge in [0.15, 0.2) is 11.6 Å². The SMILES string of the molecule is CCCn1nnnc1CSc1nnc(-c2ccoc2C)n1N. The lowest BCUT2D eigenvalue weighted by atomic mass is 10.2. The fourth-order valence-corrected chi connectivity index (χ4v) is 2.81. The van der Waals surface area contributed by atoms with Crippen LogP contribution in [0, 0.1) is 6.92 Å². The maximum absolute atomic E-state index is 6.07. The predicted molar refractivity (Wildman–Crippen MR) is 80.3 cm³/mol. The minimum absolute atomic E-state index is 0.571. The van der Waals surface area contributed by atoms with E-state index in [4.69, 9.17) is 10.3 Å². The summed E-state index contributed by atoms with van der Waals surface area (Å²) in [6, 6.07) is 1.82. The van der Waals surface area contributed by atoms with E-state index >= 15 is 0 Å². The van der Waals surface area contributed by atoms with Crippen molar-refractivity contribution in [3.63, 3.8) is 0 Å². The quantitative estimate of drug-likeness (QED) is 0.533. The minimum Gasteiger partial charge on any atom is -0.469 e. The molecule has 2 N–H and O–H groups in total. The van der Waals surface area contributed by atoms with Gasteiger partial charge in [-0.1, -0.05) is 18.7 Å². The number of thioether (sulfide) groups is 1. The topological polar surface area (TPSA) is 113 Å². The zero-order chi connectivity index (χ0) is 15.5. The third kappa shape index (κ3) is 2.69. The molecule has 0 unspecified atom stereocenters. The van der Waals surface area contributed by atoms with Crippen LogP contribution in [0.25, 0.3) is 11.4 Å². The van der Waals surface area contributed by atoms with Gasteiger partial charge in [-0.15, -0.1) is 15.3 Å². The van der Waals surface area contributed by atoms with Crippen molar-refractivity contribution in [2.75, 3.05) is 5.84 Å². The number of furan rings is 1. The van der Waals surface area contributed by atoms with E-state index in [-0.39, 0.29) is 0 Å². The number of tetrazole rings is 1. The zero-order valence-electron chi connectivity index (χ0n) is 12.3. The molecule has 0 aromatic carbocycles. The van der Waals surface area contributed by atoms with E-state index in [2.05, 4.69) is 32.6 Å². The molecule has 0 aliphatic carbocycles. The smallest absolute Gasteiger partial charge is 0.210 e. The van der Waals surface area contributed by atoms with E-state index in [0.29, 0.717) is 16.7 Å². The molecule has 22 heavy (non-hydrogen) atoms. The summed E-state index contributed by atoms with van der Waals surface area (Å²) in [5.74, 6) is 8.76. The van der Waals surface area contributed by atoms with Gasteiger partial charge in [0, 0.05) is 6.54 Å². The molecule has 0 aliphatic heterocycles. The summed E-state index contributed by atoms with van der Waals surface area (Å²) in [4.78, 5) is 0. The molecule has 3 aromatic rings. The monoisotopic (exact) mass is 320 g/mol. The van der Waals surface area contributed by atoms with Crippen LogP contribution in [0.15, 0.2) is 21.9 Å². The molecule has 3 rings (SSSR count). The van der Waals surface area contributed by atoms with Gasteiger partial charge in [0.25, 0.3) is 0 Å². The van der Waals surface area contributed by atoms with Crippen LogP contribution in [0.4, 0.5) is 0 Å². The second-order valence-electron chi connectivity index (χ2n) is 4.67. The number of nitrogens with zero attached hydrogens (tertiary/aromatic N) is 7. The number of hydrogen-bond acceptors (Lipinski definition) is 8. The number of aromatic nitrogens is 7. The Kier molecular flexibility index (Phi) is 4.09. The van der Waals surface area contributed by atoms with Gasteiger partial charge < -0.3 is 10.3 Å². The van der Waals surface area contributed by atoms with Crippen molar-refractivity contribution in [2.45, 2.75) is 37.7 Å². The first-order chi connectivity index (χ1) is 10.7. The first kappa shape index (κ1) is 14.6. The summed E-state index contributed by atoms with van der Waals surface area (Å²) in [5, 5.41) is 20.5. The van der Waals surface area contributed by atoms with Gasteiger partial charge in [-0.3, -0.25) is 0 Å². The van der Waals surface area contributed by atoms with Crippen molar-refractivity contribution in [3.05, 3.63) is 23.9 Å². The van der Waals surface area contributed by atoms with Crippen LogP contribution in [0.5, 0.6) is 0 Å². The lowest BCUT2D eigenvalue weighted by Crippen LogP contribution is -2.12. The fraction of sp³-hybridized carbons (Fsp3) is 0.417. The molecule has 3 aromatic heterocycles. The number of rotatable bonds is 6. The van der Waals surface area contributed by atoms with Crippen LogP contribution in [-0.4, -0.2) is 35.1 Å². The highest BCUT2D eigenvalue weighted by molar-refractivity contribution is 7.98. The second kappa shape index (κ2) is 6.18. The van der Waals surface area contributed by atoms with Gasteiger partial charge in [0.2, 0.25) is 5.16 Å². The highest BCUT2D eigenvalue weighted by atomic mass is 32.2. The molecule has 0 spiro atoms. The minimum atomic E-state index is 0.571. The highest BCUT2D eigenvalue weighted by Crippen LogP contribution is 2.26. The Hall–Kier alpha value is -2.36. The van der Waals surface area contributed by atoms with Gasteiger partial charge in [-0.2, -0.15) is 0 Å². The Labute approximate surface area is 130 Å². The van der Waals surface area contributed by atoms with Crippen molar-refractivity contribution < 1.29 is 4.42 Å². The molecule has 0 saturated carbocycles. The molecule has 3 heterocycles. The van der Waals surface area contributed by atoms with E-state index < -0.39 is 0 Å². The van der Waals surface area contributed by atoms with Crippen molar-refractivity contribution in [2.24, 2.45) is 0 Å². The summed E-state index contributed by atoms with van der Waals surface area (Å²) in [5.41, 5.74) is 0.831. The van der Waals surface area contributed by atoms with Crippen molar-refractivity contribution in [1.29, 1.82) is 0 Å². The van der Waals surface area contributed by atoms with Crippen LogP contribution in [0.1, 0.15) is 24.9 Å². The lowest BCUT2D eigenvalue weighted by molar-refractivity contribution is 0.535. The summed E-state index contributed by atoms with van der Waals surface area (Å²) in [6.07, 6.45) is 2.57. The summed E-state index contributed by atoms with van der Waals surface area (Å²) >= 11 is 1.44. The maximum atomic E-state index is 6.07. The Bertz CT molecular complexity index is 761. The number of nitrogens with two attached hydrogens (primary N) is 1. The lowest BCUT2D eigenvalue weighted by Gasteiger charge is -2.03. The average molecular weight is 320 g/mol. The van der Waals surface area contributed by atoms with Gasteiger partial charge in [0.05, 0.1) is 17.6 Å². The molecule has 0 aliphatic rings. The Balaban J connectivity index is 1.75. The van der Waals surface area contributed by atoms with Crippen LogP contribution >= 0.6 is 11.8 Å². The van der Waals surface area contributed by atoms with E-state index in [1.165, 1.54) is 16.4 Å². The molecule has 116 valence electrons. The van der Waals surface area contributed by atoms with Crippen molar-refractivity contribution in [3.8, 4) is 11.4 Å². The Morgan fingerprint density at radius 3 is 2.91 bits per heavy atom. The van der Waals surface area contributed by atoms with Crippen LogP contribution in [0.3, 0.4) is 0 Å². The first-order valence-corrected chi connectivity index (χ1v) is 7.82. The molecule has 0 saturated heterocycles. The molecular formula is C12H16N8OS. The largest absolute Gasteiger partial charge is 0.469 e. The second-order valence-corrected chi connectivity index (χ2v) is 5.62. The maximum Gasteiger partial charge on any atom is 0.210 e. The van der Waals surface area contributed by atoms with E-state index in [1.54, 1.807) is 10.9 Å². The Morgan fingerprint density at radius 1 is 1.32 bits per heavy atom. The normalized spacial score (nSPS) is 11.2. The van der Waals surface area contributed by atoms with Gasteiger partial charge in [0.1, 0.15) is 5.76 Å². The molecule has 9 nitrogen and oxygen atoms in total.